The first-order valence-electron chi connectivity index (χ1n) is 11.6. The second-order valence-electron chi connectivity index (χ2n) is 9.51. The minimum Gasteiger partial charge on any atom is -0.492 e. The smallest absolute Gasteiger partial charge is 0.410 e. The van der Waals surface area contributed by atoms with E-state index < -0.39 is 5.60 Å². The number of hydrogen-bond acceptors (Lipinski definition) is 5. The highest BCUT2D eigenvalue weighted by Crippen LogP contribution is 2.21. The van der Waals surface area contributed by atoms with Crippen molar-refractivity contribution in [2.24, 2.45) is 0 Å². The van der Waals surface area contributed by atoms with Gasteiger partial charge in [-0.2, -0.15) is 0 Å². The molecule has 2 aliphatic rings. The molecule has 1 aromatic rings. The Morgan fingerprint density at radius 2 is 1.63 bits per heavy atom. The van der Waals surface area contributed by atoms with Crippen LogP contribution in [0.15, 0.2) is 24.3 Å². The van der Waals surface area contributed by atoms with E-state index >= 15 is 0 Å². The van der Waals surface area contributed by atoms with E-state index in [1.165, 1.54) is 38.8 Å². The Morgan fingerprint density at radius 1 is 1.00 bits per heavy atom. The molecule has 2 fully saturated rings. The summed E-state index contributed by atoms with van der Waals surface area (Å²) in [5.41, 5.74) is 0.661. The number of nitrogens with zero attached hydrogens (tertiary/aromatic N) is 2. The molecule has 0 radical (unpaired) electrons. The van der Waals surface area contributed by atoms with Gasteiger partial charge >= 0.3 is 6.09 Å². The molecule has 30 heavy (non-hydrogen) atoms. The predicted molar refractivity (Wildman–Crippen MR) is 121 cm³/mol. The van der Waals surface area contributed by atoms with Gasteiger partial charge < -0.3 is 19.7 Å². The molecular formula is C24H39N3O3. The van der Waals surface area contributed by atoms with Crippen molar-refractivity contribution in [3.05, 3.63) is 24.3 Å². The Labute approximate surface area is 181 Å². The zero-order valence-corrected chi connectivity index (χ0v) is 19.0. The van der Waals surface area contributed by atoms with Crippen LogP contribution in [-0.2, 0) is 4.74 Å². The largest absolute Gasteiger partial charge is 0.492 e. The summed E-state index contributed by atoms with van der Waals surface area (Å²) in [4.78, 5) is 16.5. The van der Waals surface area contributed by atoms with Crippen LogP contribution in [0.4, 0.5) is 10.5 Å². The molecule has 3 rings (SSSR count). The quantitative estimate of drug-likeness (QED) is 0.724. The third kappa shape index (κ3) is 7.71. The van der Waals surface area contributed by atoms with Crippen molar-refractivity contribution in [3.8, 4) is 5.75 Å². The first-order valence-corrected chi connectivity index (χ1v) is 11.6. The van der Waals surface area contributed by atoms with Gasteiger partial charge in [-0.25, -0.2) is 4.79 Å². The van der Waals surface area contributed by atoms with Crippen LogP contribution in [0.3, 0.4) is 0 Å². The van der Waals surface area contributed by atoms with Crippen LogP contribution in [-0.4, -0.2) is 66.9 Å². The molecule has 6 nitrogen and oxygen atoms in total. The van der Waals surface area contributed by atoms with Crippen molar-refractivity contribution < 1.29 is 14.3 Å². The van der Waals surface area contributed by atoms with Crippen LogP contribution < -0.4 is 10.1 Å². The average molecular weight is 418 g/mol. The number of hydrogen-bond donors (Lipinski definition) is 1. The van der Waals surface area contributed by atoms with E-state index in [-0.39, 0.29) is 6.09 Å². The van der Waals surface area contributed by atoms with Crippen LogP contribution in [0.25, 0.3) is 0 Å². The number of anilines is 1. The van der Waals surface area contributed by atoms with Gasteiger partial charge in [0, 0.05) is 31.4 Å². The lowest BCUT2D eigenvalue weighted by atomic mass is 10.0. The molecule has 0 atom stereocenters. The van der Waals surface area contributed by atoms with Crippen molar-refractivity contribution in [3.63, 3.8) is 0 Å². The third-order valence-electron chi connectivity index (χ3n) is 5.75. The fourth-order valence-electron chi connectivity index (χ4n) is 4.07. The first-order chi connectivity index (χ1) is 14.4. The lowest BCUT2D eigenvalue weighted by Gasteiger charge is -2.34. The highest BCUT2D eigenvalue weighted by Gasteiger charge is 2.26. The van der Waals surface area contributed by atoms with Gasteiger partial charge in [-0.3, -0.25) is 4.90 Å². The van der Waals surface area contributed by atoms with Gasteiger partial charge in [-0.05, 0) is 83.8 Å². The SMILES string of the molecule is CC(C)(C)OC(=O)N1CCC(Nc2ccc(OCCN3CCCCCC3)cc2)CC1. The van der Waals surface area contributed by atoms with Crippen molar-refractivity contribution >= 4 is 11.8 Å². The number of ether oxygens (including phenoxy) is 2. The number of amides is 1. The van der Waals surface area contributed by atoms with Crippen LogP contribution in [0, 0.1) is 0 Å². The summed E-state index contributed by atoms with van der Waals surface area (Å²) >= 11 is 0. The molecule has 1 aromatic carbocycles. The summed E-state index contributed by atoms with van der Waals surface area (Å²) in [5, 5.41) is 3.59. The molecule has 168 valence electrons. The van der Waals surface area contributed by atoms with Crippen molar-refractivity contribution in [2.45, 2.75) is 70.9 Å². The molecule has 1 N–H and O–H groups in total. The van der Waals surface area contributed by atoms with Gasteiger partial charge in [0.2, 0.25) is 0 Å². The van der Waals surface area contributed by atoms with E-state index in [1.807, 2.05) is 37.8 Å². The lowest BCUT2D eigenvalue weighted by Crippen LogP contribution is -2.44. The molecule has 2 saturated heterocycles. The van der Waals surface area contributed by atoms with E-state index in [9.17, 15) is 4.79 Å². The maximum Gasteiger partial charge on any atom is 0.410 e. The van der Waals surface area contributed by atoms with Gasteiger partial charge in [0.25, 0.3) is 0 Å². The molecule has 0 bridgehead atoms. The molecule has 0 unspecified atom stereocenters. The zero-order chi connectivity index (χ0) is 21.4. The van der Waals surface area contributed by atoms with Gasteiger partial charge in [0.15, 0.2) is 0 Å². The monoisotopic (exact) mass is 417 g/mol. The van der Waals surface area contributed by atoms with E-state index in [1.54, 1.807) is 0 Å². The molecule has 0 spiro atoms. The Morgan fingerprint density at radius 3 is 2.23 bits per heavy atom. The number of piperidine rings is 1. The zero-order valence-electron chi connectivity index (χ0n) is 19.0. The fraction of sp³-hybridized carbons (Fsp3) is 0.708. The van der Waals surface area contributed by atoms with Gasteiger partial charge in [0.1, 0.15) is 18.0 Å². The lowest BCUT2D eigenvalue weighted by molar-refractivity contribution is 0.0210. The predicted octanol–water partition coefficient (Wildman–Crippen LogP) is 4.75. The second-order valence-corrected chi connectivity index (χ2v) is 9.51. The molecule has 2 heterocycles. The van der Waals surface area contributed by atoms with E-state index in [2.05, 4.69) is 22.3 Å². The van der Waals surface area contributed by atoms with Gasteiger partial charge in [0.05, 0.1) is 0 Å². The van der Waals surface area contributed by atoms with Crippen molar-refractivity contribution in [2.75, 3.05) is 44.6 Å². The number of likely N-dealkylation sites (tertiary alicyclic amines) is 2. The van der Waals surface area contributed by atoms with E-state index in [0.29, 0.717) is 6.04 Å². The maximum atomic E-state index is 12.2. The van der Waals surface area contributed by atoms with E-state index in [0.717, 1.165) is 50.5 Å². The molecule has 0 saturated carbocycles. The highest BCUT2D eigenvalue weighted by atomic mass is 16.6. The summed E-state index contributed by atoms with van der Waals surface area (Å²) in [6.07, 6.45) is 7.01. The average Bonchev–Trinajstić information content (AvgIpc) is 2.97. The number of carbonyl (C=O) groups is 1. The molecule has 2 aliphatic heterocycles. The first kappa shape index (κ1) is 22.7. The maximum absolute atomic E-state index is 12.2. The summed E-state index contributed by atoms with van der Waals surface area (Å²) < 4.78 is 11.4. The minimum atomic E-state index is -0.441. The second kappa shape index (κ2) is 10.9. The summed E-state index contributed by atoms with van der Waals surface area (Å²) in [7, 11) is 0. The van der Waals surface area contributed by atoms with Crippen molar-refractivity contribution in [1.29, 1.82) is 0 Å². The summed E-state index contributed by atoms with van der Waals surface area (Å²) in [6.45, 7) is 11.3. The Kier molecular flexibility index (Phi) is 8.25. The molecular weight excluding hydrogens is 378 g/mol. The van der Waals surface area contributed by atoms with E-state index in [4.69, 9.17) is 9.47 Å². The molecule has 1 amide bonds. The molecule has 0 aromatic heterocycles. The van der Waals surface area contributed by atoms with Crippen LogP contribution >= 0.6 is 0 Å². The number of nitrogens with one attached hydrogen (secondary N) is 1. The Bertz CT molecular complexity index is 641. The van der Waals surface area contributed by atoms with Crippen LogP contribution in [0.2, 0.25) is 0 Å². The van der Waals surface area contributed by atoms with Crippen LogP contribution in [0.5, 0.6) is 5.75 Å². The van der Waals surface area contributed by atoms with Gasteiger partial charge in [-0.15, -0.1) is 0 Å². The number of carbonyl (C=O) groups excluding carboxylic acids is 1. The normalized spacial score (nSPS) is 19.2. The minimum absolute atomic E-state index is 0.206. The summed E-state index contributed by atoms with van der Waals surface area (Å²) in [5.74, 6) is 0.926. The standard InChI is InChI=1S/C24H39N3O3/c1-24(2,3)30-23(28)27-16-12-21(13-17-27)25-20-8-10-22(11-9-20)29-19-18-26-14-6-4-5-7-15-26/h8-11,21,25H,4-7,12-19H2,1-3H3. The Hall–Kier alpha value is -1.95. The molecule has 0 aliphatic carbocycles. The Balaban J connectivity index is 1.36. The highest BCUT2D eigenvalue weighted by molar-refractivity contribution is 5.68. The van der Waals surface area contributed by atoms with Crippen LogP contribution in [0.1, 0.15) is 59.3 Å². The number of benzene rings is 1. The topological polar surface area (TPSA) is 54.0 Å². The van der Waals surface area contributed by atoms with Crippen molar-refractivity contribution in [1.82, 2.24) is 9.80 Å². The third-order valence-corrected chi connectivity index (χ3v) is 5.75. The molecule has 6 heteroatoms. The van der Waals surface area contributed by atoms with Gasteiger partial charge in [-0.1, -0.05) is 12.8 Å². The fourth-order valence-corrected chi connectivity index (χ4v) is 4.07. The number of rotatable bonds is 6. The summed E-state index contributed by atoms with van der Waals surface area (Å²) in [6, 6.07) is 8.63.